The van der Waals surface area contributed by atoms with E-state index in [1.807, 2.05) is 6.07 Å². The zero-order chi connectivity index (χ0) is 25.3. The van der Waals surface area contributed by atoms with Gasteiger partial charge in [-0.3, -0.25) is 19.2 Å². The summed E-state index contributed by atoms with van der Waals surface area (Å²) in [6.45, 7) is -0.601. The summed E-state index contributed by atoms with van der Waals surface area (Å²) in [6.07, 6.45) is 0.575. The maximum Gasteiger partial charge on any atom is 0.326 e. The van der Waals surface area contributed by atoms with E-state index >= 15 is 0 Å². The molecule has 1 aromatic carbocycles. The Kier molecular flexibility index (Phi) is 9.95. The van der Waals surface area contributed by atoms with Crippen LogP contribution >= 0.6 is 0 Å². The van der Waals surface area contributed by atoms with Gasteiger partial charge >= 0.3 is 5.97 Å². The number of primary amides is 1. The van der Waals surface area contributed by atoms with E-state index in [-0.39, 0.29) is 32.2 Å². The van der Waals surface area contributed by atoms with Crippen molar-refractivity contribution in [3.8, 4) is 0 Å². The molecule has 0 saturated carbocycles. The number of carbonyl (C=O) groups is 5. The molecule has 4 atom stereocenters. The molecule has 0 bridgehead atoms. The van der Waals surface area contributed by atoms with Gasteiger partial charge in [0.05, 0.1) is 12.6 Å². The summed E-state index contributed by atoms with van der Waals surface area (Å²) in [5.41, 5.74) is 11.9. The number of carboxylic acids is 1. The molecule has 12 heteroatoms. The van der Waals surface area contributed by atoms with Crippen LogP contribution in [0.15, 0.2) is 30.3 Å². The van der Waals surface area contributed by atoms with Gasteiger partial charge in [0.1, 0.15) is 18.1 Å². The summed E-state index contributed by atoms with van der Waals surface area (Å²) >= 11 is 0. The number of nitrogens with zero attached hydrogens (tertiary/aromatic N) is 1. The number of hydrogen-bond acceptors (Lipinski definition) is 7. The maximum absolute atomic E-state index is 12.9. The zero-order valence-corrected chi connectivity index (χ0v) is 18.7. The first-order valence-electron chi connectivity index (χ1n) is 11.0. The number of benzene rings is 1. The summed E-state index contributed by atoms with van der Waals surface area (Å²) in [4.78, 5) is 61.9. The smallest absolute Gasteiger partial charge is 0.326 e. The first kappa shape index (κ1) is 26.7. The van der Waals surface area contributed by atoms with Crippen molar-refractivity contribution < 1.29 is 34.2 Å². The number of aliphatic carboxylic acids is 1. The molecule has 1 fully saturated rings. The summed E-state index contributed by atoms with van der Waals surface area (Å²) in [7, 11) is 0. The van der Waals surface area contributed by atoms with Gasteiger partial charge in [0.2, 0.25) is 23.6 Å². The number of hydrogen-bond donors (Lipinski definition) is 6. The second-order valence-electron chi connectivity index (χ2n) is 8.13. The van der Waals surface area contributed by atoms with Gasteiger partial charge in [-0.05, 0) is 31.2 Å². The lowest BCUT2D eigenvalue weighted by Gasteiger charge is -2.28. The Morgan fingerprint density at radius 2 is 1.71 bits per heavy atom. The van der Waals surface area contributed by atoms with Crippen LogP contribution in [0.5, 0.6) is 0 Å². The number of nitrogens with two attached hydrogens (primary N) is 2. The molecule has 1 heterocycles. The van der Waals surface area contributed by atoms with Crippen molar-refractivity contribution in [2.45, 2.75) is 56.3 Å². The van der Waals surface area contributed by atoms with Crippen LogP contribution in [-0.4, -0.2) is 82.0 Å². The molecule has 4 amide bonds. The second kappa shape index (κ2) is 12.7. The number of amides is 4. The van der Waals surface area contributed by atoms with E-state index in [0.717, 1.165) is 10.5 Å². The Morgan fingerprint density at radius 1 is 1.06 bits per heavy atom. The first-order valence-corrected chi connectivity index (χ1v) is 11.0. The molecule has 0 aliphatic carbocycles. The third-order valence-corrected chi connectivity index (χ3v) is 5.57. The Labute approximate surface area is 196 Å². The van der Waals surface area contributed by atoms with Crippen LogP contribution < -0.4 is 22.1 Å². The minimum atomic E-state index is -1.42. The molecule has 1 aliphatic heterocycles. The third-order valence-electron chi connectivity index (χ3n) is 5.57. The van der Waals surface area contributed by atoms with Crippen molar-refractivity contribution in [1.29, 1.82) is 0 Å². The van der Waals surface area contributed by atoms with E-state index < -0.39 is 60.4 Å². The molecule has 2 rings (SSSR count). The van der Waals surface area contributed by atoms with Crippen LogP contribution in [-0.2, 0) is 30.4 Å². The standard InChI is InChI=1S/C22H31N5O7/c23-14(11-13-5-2-1-3-6-13)19(30)25-15(8-9-18(24)29)20(31)26-16(12-28)21(32)27-10-4-7-17(27)22(33)34/h1-3,5-6,14-17,28H,4,7-12,23H2,(H2,24,29)(H,25,30)(H,26,31)(H,33,34). The predicted molar refractivity (Wildman–Crippen MR) is 120 cm³/mol. The van der Waals surface area contributed by atoms with Crippen LogP contribution in [0.25, 0.3) is 0 Å². The molecule has 0 spiro atoms. The molecule has 1 aromatic rings. The largest absolute Gasteiger partial charge is 0.480 e. The van der Waals surface area contributed by atoms with Crippen molar-refractivity contribution in [2.24, 2.45) is 11.5 Å². The predicted octanol–water partition coefficient (Wildman–Crippen LogP) is -2.14. The summed E-state index contributed by atoms with van der Waals surface area (Å²) in [6, 6.07) is 4.31. The minimum absolute atomic E-state index is 0.154. The van der Waals surface area contributed by atoms with E-state index in [1.54, 1.807) is 24.3 Å². The third kappa shape index (κ3) is 7.52. The Morgan fingerprint density at radius 3 is 2.29 bits per heavy atom. The van der Waals surface area contributed by atoms with Crippen LogP contribution in [0, 0.1) is 0 Å². The summed E-state index contributed by atoms with van der Waals surface area (Å²) < 4.78 is 0. The second-order valence-corrected chi connectivity index (χ2v) is 8.13. The zero-order valence-electron chi connectivity index (χ0n) is 18.7. The Hall–Kier alpha value is -3.51. The number of carbonyl (C=O) groups excluding carboxylic acids is 4. The van der Waals surface area contributed by atoms with Gasteiger partial charge in [0.15, 0.2) is 0 Å². The fourth-order valence-electron chi connectivity index (χ4n) is 3.74. The van der Waals surface area contributed by atoms with Crippen molar-refractivity contribution in [2.75, 3.05) is 13.2 Å². The van der Waals surface area contributed by atoms with Crippen LogP contribution in [0.3, 0.4) is 0 Å². The Bertz CT molecular complexity index is 895. The highest BCUT2D eigenvalue weighted by molar-refractivity contribution is 5.94. The molecule has 8 N–H and O–H groups in total. The quantitative estimate of drug-likeness (QED) is 0.195. The fraction of sp³-hybridized carbons (Fsp3) is 0.500. The molecule has 12 nitrogen and oxygen atoms in total. The lowest BCUT2D eigenvalue weighted by Crippen LogP contribution is -2.58. The highest BCUT2D eigenvalue weighted by Gasteiger charge is 2.38. The SMILES string of the molecule is NC(=O)CCC(NC(=O)C(N)Cc1ccccc1)C(=O)NC(CO)C(=O)N1CCCC1C(=O)O. The highest BCUT2D eigenvalue weighted by atomic mass is 16.4. The van der Waals surface area contributed by atoms with Crippen LogP contribution in [0.2, 0.25) is 0 Å². The first-order chi connectivity index (χ1) is 16.1. The summed E-state index contributed by atoms with van der Waals surface area (Å²) in [5, 5.41) is 23.8. The van der Waals surface area contributed by atoms with Gasteiger partial charge < -0.3 is 37.2 Å². The van der Waals surface area contributed by atoms with Crippen molar-refractivity contribution >= 4 is 29.6 Å². The van der Waals surface area contributed by atoms with Crippen LogP contribution in [0.4, 0.5) is 0 Å². The molecule has 0 aromatic heterocycles. The van der Waals surface area contributed by atoms with Crippen molar-refractivity contribution in [1.82, 2.24) is 15.5 Å². The average molecular weight is 478 g/mol. The van der Waals surface area contributed by atoms with E-state index in [4.69, 9.17) is 11.5 Å². The van der Waals surface area contributed by atoms with Gasteiger partial charge in [0, 0.05) is 13.0 Å². The fourth-order valence-corrected chi connectivity index (χ4v) is 3.74. The molecule has 0 radical (unpaired) electrons. The van der Waals surface area contributed by atoms with E-state index in [1.165, 1.54) is 0 Å². The lowest BCUT2D eigenvalue weighted by atomic mass is 10.0. The van der Waals surface area contributed by atoms with Gasteiger partial charge in [-0.15, -0.1) is 0 Å². The maximum atomic E-state index is 12.9. The number of nitrogens with one attached hydrogen (secondary N) is 2. The van der Waals surface area contributed by atoms with Crippen molar-refractivity contribution in [3.05, 3.63) is 35.9 Å². The topological polar surface area (TPSA) is 205 Å². The number of likely N-dealkylation sites (tertiary alicyclic amines) is 1. The molecule has 1 saturated heterocycles. The van der Waals surface area contributed by atoms with E-state index in [2.05, 4.69) is 10.6 Å². The Balaban J connectivity index is 2.07. The van der Waals surface area contributed by atoms with Gasteiger partial charge in [-0.2, -0.15) is 0 Å². The van der Waals surface area contributed by atoms with Crippen molar-refractivity contribution in [3.63, 3.8) is 0 Å². The number of aliphatic hydroxyl groups is 1. The van der Waals surface area contributed by atoms with Crippen LogP contribution in [0.1, 0.15) is 31.2 Å². The number of rotatable bonds is 12. The monoisotopic (exact) mass is 477 g/mol. The van der Waals surface area contributed by atoms with Gasteiger partial charge in [-0.1, -0.05) is 30.3 Å². The lowest BCUT2D eigenvalue weighted by molar-refractivity contribution is -0.150. The molecule has 186 valence electrons. The number of aliphatic hydroxyl groups excluding tert-OH is 1. The van der Waals surface area contributed by atoms with Gasteiger partial charge in [-0.25, -0.2) is 4.79 Å². The average Bonchev–Trinajstić information content (AvgIpc) is 3.30. The molecule has 4 unspecified atom stereocenters. The minimum Gasteiger partial charge on any atom is -0.480 e. The highest BCUT2D eigenvalue weighted by Crippen LogP contribution is 2.18. The molecular formula is C22H31N5O7. The molecular weight excluding hydrogens is 446 g/mol. The van der Waals surface area contributed by atoms with E-state index in [9.17, 15) is 34.2 Å². The normalized spacial score (nSPS) is 17.9. The van der Waals surface area contributed by atoms with E-state index in [0.29, 0.717) is 6.42 Å². The van der Waals surface area contributed by atoms with Gasteiger partial charge in [0.25, 0.3) is 0 Å². The molecule has 1 aliphatic rings. The number of carboxylic acid groups (broad SMARTS) is 1. The summed E-state index contributed by atoms with van der Waals surface area (Å²) in [5.74, 6) is -4.10. The molecule has 34 heavy (non-hydrogen) atoms.